The number of aliphatic carboxylic acids is 1. The minimum Gasteiger partial charge on any atom is -0.480 e. The summed E-state index contributed by atoms with van der Waals surface area (Å²) < 4.78 is 71.8. The summed E-state index contributed by atoms with van der Waals surface area (Å²) in [6.07, 6.45) is -2.45. The van der Waals surface area contributed by atoms with E-state index in [9.17, 15) is 41.4 Å². The Morgan fingerprint density at radius 3 is 2.33 bits per heavy atom. The highest BCUT2D eigenvalue weighted by atomic mass is 19.4. The molecule has 0 aliphatic heterocycles. The highest BCUT2D eigenvalue weighted by Gasteiger charge is 2.38. The Labute approximate surface area is 242 Å². The normalized spacial score (nSPS) is 13.1. The minimum absolute atomic E-state index is 0.250. The van der Waals surface area contributed by atoms with Crippen LogP contribution < -0.4 is 16.2 Å². The standard InChI is InChI=1S/C29H28F5N5O4/c1-5-22(29(32,33)34)36-16-11-19(30)24(20(31)12-16)26(40)37-21(28(42)43)13-17-6-7-18(25-35-8-9-39(17)25)23-14(2)10-15(3)38(4)27(23)41/h6-12,21-22,36H,5,13H2,1-4H3,(H,37,40)(H,42,43)/t21-,22+/m0/s1. The van der Waals surface area contributed by atoms with Crippen LogP contribution in [0.1, 0.15) is 40.7 Å². The maximum atomic E-state index is 14.8. The van der Waals surface area contributed by atoms with Crippen LogP contribution in [0.15, 0.2) is 47.5 Å². The zero-order chi connectivity index (χ0) is 31.8. The number of hydrogen-bond donors (Lipinski definition) is 3. The lowest BCUT2D eigenvalue weighted by Crippen LogP contribution is -2.43. The number of imidazole rings is 1. The van der Waals surface area contributed by atoms with Crippen molar-refractivity contribution in [2.24, 2.45) is 7.05 Å². The molecule has 3 heterocycles. The summed E-state index contributed by atoms with van der Waals surface area (Å²) in [7, 11) is 1.64. The summed E-state index contributed by atoms with van der Waals surface area (Å²) >= 11 is 0. The predicted octanol–water partition coefficient (Wildman–Crippen LogP) is 4.77. The van der Waals surface area contributed by atoms with Gasteiger partial charge in [-0.25, -0.2) is 18.6 Å². The Bertz CT molecular complexity index is 1760. The van der Waals surface area contributed by atoms with Crippen LogP contribution in [0.4, 0.5) is 27.6 Å². The lowest BCUT2D eigenvalue weighted by molar-refractivity contribution is -0.143. The Hall–Kier alpha value is -4.75. The second-order valence-electron chi connectivity index (χ2n) is 10.1. The van der Waals surface area contributed by atoms with Crippen molar-refractivity contribution in [3.05, 3.63) is 87.2 Å². The van der Waals surface area contributed by atoms with E-state index in [-0.39, 0.29) is 12.0 Å². The van der Waals surface area contributed by atoms with E-state index in [0.29, 0.717) is 40.2 Å². The molecule has 43 heavy (non-hydrogen) atoms. The highest BCUT2D eigenvalue weighted by molar-refractivity contribution is 5.97. The van der Waals surface area contributed by atoms with Gasteiger partial charge in [-0.1, -0.05) is 6.92 Å². The number of carboxylic acid groups (broad SMARTS) is 1. The Kier molecular flexibility index (Phi) is 8.60. The number of anilines is 1. The van der Waals surface area contributed by atoms with Gasteiger partial charge in [0, 0.05) is 48.5 Å². The topological polar surface area (TPSA) is 118 Å². The first-order chi connectivity index (χ1) is 20.1. The first kappa shape index (κ1) is 31.2. The molecule has 228 valence electrons. The third-order valence-corrected chi connectivity index (χ3v) is 7.20. The number of nitrogens with one attached hydrogen (secondary N) is 2. The fourth-order valence-electron chi connectivity index (χ4n) is 4.87. The van der Waals surface area contributed by atoms with Gasteiger partial charge >= 0.3 is 12.1 Å². The number of carbonyl (C=O) groups excluding carboxylic acids is 1. The van der Waals surface area contributed by atoms with E-state index >= 15 is 0 Å². The number of benzene rings is 1. The molecule has 0 bridgehead atoms. The highest BCUT2D eigenvalue weighted by Crippen LogP contribution is 2.28. The average molecular weight is 606 g/mol. The van der Waals surface area contributed by atoms with E-state index in [2.05, 4.69) is 10.3 Å². The van der Waals surface area contributed by atoms with Gasteiger partial charge in [-0.2, -0.15) is 13.2 Å². The van der Waals surface area contributed by atoms with Gasteiger partial charge in [0.15, 0.2) is 0 Å². The SMILES string of the molecule is CC[C@@H](Nc1cc(F)c(C(=O)N[C@@H](Cc2ccc(-c3c(C)cc(C)n(C)c3=O)c3nccn23)C(=O)O)c(F)c1)C(F)(F)F. The lowest BCUT2D eigenvalue weighted by atomic mass is 10.0. The van der Waals surface area contributed by atoms with Crippen molar-refractivity contribution in [2.45, 2.75) is 51.9 Å². The number of alkyl halides is 3. The Morgan fingerprint density at radius 1 is 1.09 bits per heavy atom. The van der Waals surface area contributed by atoms with Gasteiger partial charge < -0.3 is 24.7 Å². The molecule has 0 unspecified atom stereocenters. The van der Waals surface area contributed by atoms with Gasteiger partial charge in [0.25, 0.3) is 11.5 Å². The van der Waals surface area contributed by atoms with Gasteiger partial charge in [-0.15, -0.1) is 0 Å². The van der Waals surface area contributed by atoms with E-state index in [0.717, 1.165) is 5.69 Å². The summed E-state index contributed by atoms with van der Waals surface area (Å²) in [5.41, 5.74) is 1.14. The number of hydrogen-bond acceptors (Lipinski definition) is 5. The van der Waals surface area contributed by atoms with E-state index in [4.69, 9.17) is 0 Å². The largest absolute Gasteiger partial charge is 0.480 e. The van der Waals surface area contributed by atoms with Crippen molar-refractivity contribution in [1.29, 1.82) is 0 Å². The molecular weight excluding hydrogens is 577 g/mol. The molecule has 1 aromatic carbocycles. The molecular formula is C29H28F5N5O4. The van der Waals surface area contributed by atoms with Crippen molar-refractivity contribution in [1.82, 2.24) is 19.3 Å². The van der Waals surface area contributed by atoms with E-state index in [1.54, 1.807) is 43.6 Å². The van der Waals surface area contributed by atoms with Gasteiger partial charge in [0.2, 0.25) is 0 Å². The smallest absolute Gasteiger partial charge is 0.408 e. The van der Waals surface area contributed by atoms with Crippen LogP contribution in [-0.4, -0.2) is 49.2 Å². The van der Waals surface area contributed by atoms with Gasteiger partial charge in [-0.05, 0) is 56.2 Å². The molecule has 2 atom stereocenters. The molecule has 0 radical (unpaired) electrons. The monoisotopic (exact) mass is 605 g/mol. The van der Waals surface area contributed by atoms with Crippen LogP contribution in [0.2, 0.25) is 0 Å². The summed E-state index contributed by atoms with van der Waals surface area (Å²) in [6, 6.07) is 2.33. The second-order valence-corrected chi connectivity index (χ2v) is 10.1. The molecule has 0 spiro atoms. The molecule has 3 N–H and O–H groups in total. The summed E-state index contributed by atoms with van der Waals surface area (Å²) in [5, 5.41) is 13.9. The summed E-state index contributed by atoms with van der Waals surface area (Å²) in [4.78, 5) is 42.3. The van der Waals surface area contributed by atoms with E-state index < -0.39 is 59.4 Å². The molecule has 4 aromatic rings. The number of carboxylic acids is 1. The van der Waals surface area contributed by atoms with Crippen LogP contribution in [0.25, 0.3) is 16.8 Å². The molecule has 4 rings (SSSR count). The third kappa shape index (κ3) is 6.22. The number of rotatable bonds is 9. The lowest BCUT2D eigenvalue weighted by Gasteiger charge is -2.22. The van der Waals surface area contributed by atoms with Crippen LogP contribution >= 0.6 is 0 Å². The number of aromatic nitrogens is 3. The van der Waals surface area contributed by atoms with Crippen LogP contribution in [0.5, 0.6) is 0 Å². The fraction of sp³-hybridized carbons (Fsp3) is 0.310. The van der Waals surface area contributed by atoms with Gasteiger partial charge in [0.1, 0.15) is 34.9 Å². The molecule has 14 heteroatoms. The molecule has 0 saturated heterocycles. The molecule has 9 nitrogen and oxygen atoms in total. The Balaban J connectivity index is 1.62. The van der Waals surface area contributed by atoms with E-state index in [1.807, 2.05) is 11.4 Å². The van der Waals surface area contributed by atoms with Gasteiger partial charge in [0.05, 0.1) is 5.56 Å². The number of pyridine rings is 2. The molecule has 0 aliphatic carbocycles. The number of carbonyl (C=O) groups is 2. The number of amides is 1. The number of fused-ring (bicyclic) bond motifs is 1. The van der Waals surface area contributed by atoms with Crippen molar-refractivity contribution in [3.8, 4) is 11.1 Å². The van der Waals surface area contributed by atoms with Crippen LogP contribution in [-0.2, 0) is 18.3 Å². The fourth-order valence-corrected chi connectivity index (χ4v) is 4.87. The minimum atomic E-state index is -4.68. The van der Waals surface area contributed by atoms with Crippen LogP contribution in [0, 0.1) is 25.5 Å². The molecule has 1 amide bonds. The zero-order valence-corrected chi connectivity index (χ0v) is 23.5. The van der Waals surface area contributed by atoms with Crippen molar-refractivity contribution < 1.29 is 36.6 Å². The first-order valence-electron chi connectivity index (χ1n) is 13.1. The third-order valence-electron chi connectivity index (χ3n) is 7.20. The summed E-state index contributed by atoms with van der Waals surface area (Å²) in [5.74, 6) is -5.87. The molecule has 3 aromatic heterocycles. The maximum absolute atomic E-state index is 14.8. The summed E-state index contributed by atoms with van der Waals surface area (Å²) in [6.45, 7) is 4.82. The first-order valence-corrected chi connectivity index (χ1v) is 13.1. The number of aryl methyl sites for hydroxylation is 2. The maximum Gasteiger partial charge on any atom is 0.408 e. The second kappa shape index (κ2) is 11.9. The number of halogens is 5. The molecule has 0 fully saturated rings. The van der Waals surface area contributed by atoms with Gasteiger partial charge in [-0.3, -0.25) is 9.59 Å². The predicted molar refractivity (Wildman–Crippen MR) is 148 cm³/mol. The quantitative estimate of drug-likeness (QED) is 0.237. The average Bonchev–Trinajstić information content (AvgIpc) is 3.40. The zero-order valence-electron chi connectivity index (χ0n) is 23.5. The van der Waals surface area contributed by atoms with Crippen molar-refractivity contribution in [2.75, 3.05) is 5.32 Å². The molecule has 0 aliphatic rings. The Morgan fingerprint density at radius 2 is 1.74 bits per heavy atom. The van der Waals surface area contributed by atoms with Crippen LogP contribution in [0.3, 0.4) is 0 Å². The van der Waals surface area contributed by atoms with E-state index in [1.165, 1.54) is 17.7 Å². The van der Waals surface area contributed by atoms with Crippen molar-refractivity contribution in [3.63, 3.8) is 0 Å². The van der Waals surface area contributed by atoms with Crippen molar-refractivity contribution >= 4 is 23.2 Å². The molecule has 0 saturated carbocycles. The number of nitrogens with zero attached hydrogens (tertiary/aromatic N) is 3.